The van der Waals surface area contributed by atoms with E-state index in [0.717, 1.165) is 17.3 Å². The fraction of sp³-hybridized carbons (Fsp3) is 0.0526. The molecule has 3 aromatic rings. The molecule has 0 fully saturated rings. The van der Waals surface area contributed by atoms with Gasteiger partial charge in [0.15, 0.2) is 12.4 Å². The second-order valence-corrected chi connectivity index (χ2v) is 7.09. The maximum Gasteiger partial charge on any atom is 0.342 e. The van der Waals surface area contributed by atoms with Crippen LogP contribution in [0.1, 0.15) is 5.56 Å². The lowest BCUT2D eigenvalue weighted by atomic mass is 10.2. The SMILES string of the molecule is O=C(O)COc1ccc(/C=C(\Sc2n[nH]c(-c3ccc(Cl)cc3)n2)C(=O)O)cc1. The van der Waals surface area contributed by atoms with Gasteiger partial charge in [0.05, 0.1) is 0 Å². The molecule has 2 aromatic carbocycles. The Morgan fingerprint density at radius 2 is 1.79 bits per heavy atom. The van der Waals surface area contributed by atoms with E-state index in [-0.39, 0.29) is 10.1 Å². The number of H-pyrrole nitrogens is 1. The lowest BCUT2D eigenvalue weighted by molar-refractivity contribution is -0.139. The van der Waals surface area contributed by atoms with Crippen LogP contribution >= 0.6 is 23.4 Å². The minimum absolute atomic E-state index is 0.0193. The monoisotopic (exact) mass is 431 g/mol. The average molecular weight is 432 g/mol. The molecule has 0 saturated carbocycles. The van der Waals surface area contributed by atoms with Gasteiger partial charge in [-0.05, 0) is 59.8 Å². The maximum atomic E-state index is 11.6. The molecule has 1 heterocycles. The number of benzene rings is 2. The predicted molar refractivity (Wildman–Crippen MR) is 108 cm³/mol. The molecule has 29 heavy (non-hydrogen) atoms. The highest BCUT2D eigenvalue weighted by atomic mass is 35.5. The van der Waals surface area contributed by atoms with Crippen molar-refractivity contribution in [2.75, 3.05) is 6.61 Å². The Balaban J connectivity index is 1.74. The van der Waals surface area contributed by atoms with Gasteiger partial charge in [0.2, 0.25) is 5.16 Å². The molecule has 0 amide bonds. The molecule has 0 radical (unpaired) electrons. The summed E-state index contributed by atoms with van der Waals surface area (Å²) in [6, 6.07) is 13.4. The van der Waals surface area contributed by atoms with E-state index >= 15 is 0 Å². The first-order chi connectivity index (χ1) is 13.9. The Morgan fingerprint density at radius 3 is 2.41 bits per heavy atom. The molecule has 0 unspecified atom stereocenters. The topological polar surface area (TPSA) is 125 Å². The van der Waals surface area contributed by atoms with Gasteiger partial charge in [0.25, 0.3) is 0 Å². The third-order valence-electron chi connectivity index (χ3n) is 3.53. The van der Waals surface area contributed by atoms with Crippen molar-refractivity contribution < 1.29 is 24.5 Å². The quantitative estimate of drug-likeness (QED) is 0.363. The number of halogens is 1. The molecule has 10 heteroatoms. The fourth-order valence-electron chi connectivity index (χ4n) is 2.22. The van der Waals surface area contributed by atoms with E-state index in [0.29, 0.717) is 22.2 Å². The number of thioether (sulfide) groups is 1. The van der Waals surface area contributed by atoms with Crippen molar-refractivity contribution in [3.8, 4) is 17.1 Å². The van der Waals surface area contributed by atoms with Gasteiger partial charge in [-0.15, -0.1) is 5.10 Å². The van der Waals surface area contributed by atoms with E-state index in [2.05, 4.69) is 15.2 Å². The van der Waals surface area contributed by atoms with Crippen molar-refractivity contribution in [1.82, 2.24) is 15.2 Å². The normalized spacial score (nSPS) is 11.3. The molecule has 0 aliphatic heterocycles. The molecule has 0 aliphatic rings. The van der Waals surface area contributed by atoms with Crippen LogP contribution in [-0.2, 0) is 9.59 Å². The van der Waals surface area contributed by atoms with Crippen molar-refractivity contribution >= 4 is 41.4 Å². The molecule has 0 bridgehead atoms. The first-order valence-corrected chi connectivity index (χ1v) is 9.36. The molecular weight excluding hydrogens is 418 g/mol. The predicted octanol–water partition coefficient (Wildman–Crippen LogP) is 3.81. The zero-order valence-corrected chi connectivity index (χ0v) is 16.3. The van der Waals surface area contributed by atoms with Gasteiger partial charge in [-0.2, -0.15) is 0 Å². The summed E-state index contributed by atoms with van der Waals surface area (Å²) in [6.07, 6.45) is 1.46. The largest absolute Gasteiger partial charge is 0.482 e. The van der Waals surface area contributed by atoms with E-state index in [1.54, 1.807) is 48.5 Å². The van der Waals surface area contributed by atoms with Gasteiger partial charge >= 0.3 is 11.9 Å². The van der Waals surface area contributed by atoms with Crippen LogP contribution in [0.2, 0.25) is 5.02 Å². The number of carbonyl (C=O) groups is 2. The smallest absolute Gasteiger partial charge is 0.342 e. The number of aromatic amines is 1. The lowest BCUT2D eigenvalue weighted by Gasteiger charge is -2.04. The molecular formula is C19H14ClN3O5S. The van der Waals surface area contributed by atoms with Crippen LogP contribution in [-0.4, -0.2) is 43.9 Å². The van der Waals surface area contributed by atoms with Crippen LogP contribution in [0, 0.1) is 0 Å². The highest BCUT2D eigenvalue weighted by molar-refractivity contribution is 8.04. The van der Waals surface area contributed by atoms with E-state index in [9.17, 15) is 14.7 Å². The van der Waals surface area contributed by atoms with Crippen LogP contribution in [0.4, 0.5) is 0 Å². The zero-order valence-electron chi connectivity index (χ0n) is 14.7. The minimum atomic E-state index is -1.13. The lowest BCUT2D eigenvalue weighted by Crippen LogP contribution is -2.09. The molecule has 148 valence electrons. The fourth-order valence-corrected chi connectivity index (χ4v) is 3.05. The van der Waals surface area contributed by atoms with E-state index < -0.39 is 18.5 Å². The zero-order chi connectivity index (χ0) is 20.8. The molecule has 1 aromatic heterocycles. The Bertz CT molecular complexity index is 1050. The number of nitrogens with one attached hydrogen (secondary N) is 1. The van der Waals surface area contributed by atoms with E-state index in [1.807, 2.05) is 0 Å². The number of carboxylic acid groups (broad SMARTS) is 2. The van der Waals surface area contributed by atoms with Gasteiger partial charge in [0.1, 0.15) is 10.7 Å². The van der Waals surface area contributed by atoms with Crippen LogP contribution < -0.4 is 4.74 Å². The van der Waals surface area contributed by atoms with Gasteiger partial charge < -0.3 is 14.9 Å². The van der Waals surface area contributed by atoms with Crippen LogP contribution in [0.25, 0.3) is 17.5 Å². The van der Waals surface area contributed by atoms with E-state index in [4.69, 9.17) is 21.4 Å². The van der Waals surface area contributed by atoms with Crippen molar-refractivity contribution in [2.24, 2.45) is 0 Å². The van der Waals surface area contributed by atoms with Crippen molar-refractivity contribution in [3.63, 3.8) is 0 Å². The number of ether oxygens (including phenoxy) is 1. The number of hydrogen-bond acceptors (Lipinski definition) is 6. The maximum absolute atomic E-state index is 11.6. The number of nitrogens with zero attached hydrogens (tertiary/aromatic N) is 2. The summed E-state index contributed by atoms with van der Waals surface area (Å²) in [6.45, 7) is -0.452. The van der Waals surface area contributed by atoms with Gasteiger partial charge in [0, 0.05) is 10.6 Å². The third-order valence-corrected chi connectivity index (χ3v) is 4.66. The molecule has 0 saturated heterocycles. The summed E-state index contributed by atoms with van der Waals surface area (Å²) in [5.41, 5.74) is 1.37. The van der Waals surface area contributed by atoms with Gasteiger partial charge in [-0.25, -0.2) is 14.6 Å². The first kappa shape index (κ1) is 20.4. The number of hydrogen-bond donors (Lipinski definition) is 3. The van der Waals surface area contributed by atoms with Gasteiger partial charge in [-0.1, -0.05) is 23.7 Å². The molecule has 3 N–H and O–H groups in total. The highest BCUT2D eigenvalue weighted by Gasteiger charge is 2.14. The standard InChI is InChI=1S/C19H14ClN3O5S/c20-13-5-3-12(4-6-13)17-21-19(23-22-17)29-15(18(26)27)9-11-1-7-14(8-2-11)28-10-16(24)25/h1-9H,10H2,(H,24,25)(H,26,27)(H,21,22,23)/b15-9-. The Hall–Kier alpha value is -3.30. The summed E-state index contributed by atoms with van der Waals surface area (Å²) >= 11 is 6.77. The summed E-state index contributed by atoms with van der Waals surface area (Å²) < 4.78 is 5.05. The van der Waals surface area contributed by atoms with Crippen LogP contribution in [0.5, 0.6) is 5.75 Å². The average Bonchev–Trinajstić information content (AvgIpc) is 3.16. The van der Waals surface area contributed by atoms with E-state index in [1.165, 1.54) is 6.08 Å². The molecule has 8 nitrogen and oxygen atoms in total. The Labute approximate surface area is 174 Å². The minimum Gasteiger partial charge on any atom is -0.482 e. The molecule has 0 aliphatic carbocycles. The second kappa shape index (κ2) is 9.26. The number of carboxylic acids is 2. The molecule has 0 spiro atoms. The second-order valence-electron chi connectivity index (χ2n) is 5.64. The Morgan fingerprint density at radius 1 is 1.10 bits per heavy atom. The number of aromatic nitrogens is 3. The molecule has 3 rings (SSSR count). The summed E-state index contributed by atoms with van der Waals surface area (Å²) in [7, 11) is 0. The van der Waals surface area contributed by atoms with Crippen molar-refractivity contribution in [2.45, 2.75) is 5.16 Å². The van der Waals surface area contributed by atoms with Gasteiger partial charge in [-0.3, -0.25) is 5.10 Å². The highest BCUT2D eigenvalue weighted by Crippen LogP contribution is 2.28. The van der Waals surface area contributed by atoms with Crippen LogP contribution in [0.3, 0.4) is 0 Å². The first-order valence-electron chi connectivity index (χ1n) is 8.16. The summed E-state index contributed by atoms with van der Waals surface area (Å²) in [4.78, 5) is 26.4. The molecule has 0 atom stereocenters. The Kier molecular flexibility index (Phi) is 6.53. The number of rotatable bonds is 8. The van der Waals surface area contributed by atoms with Crippen molar-refractivity contribution in [3.05, 3.63) is 64.0 Å². The van der Waals surface area contributed by atoms with Crippen molar-refractivity contribution in [1.29, 1.82) is 0 Å². The summed E-state index contributed by atoms with van der Waals surface area (Å²) in [5, 5.41) is 25.8. The summed E-state index contributed by atoms with van der Waals surface area (Å²) in [5.74, 6) is -1.34. The number of aliphatic carboxylic acids is 2. The third kappa shape index (κ3) is 5.84. The van der Waals surface area contributed by atoms with Crippen LogP contribution in [0.15, 0.2) is 58.6 Å².